The first-order valence-corrected chi connectivity index (χ1v) is 5.91. The summed E-state index contributed by atoms with van der Waals surface area (Å²) in [4.78, 5) is 12.3. The summed E-state index contributed by atoms with van der Waals surface area (Å²) in [7, 11) is 1.61. The molecule has 0 saturated carbocycles. The second-order valence-corrected chi connectivity index (χ2v) is 4.23. The molecule has 17 heavy (non-hydrogen) atoms. The Hall–Kier alpha value is -2.05. The zero-order valence-electron chi connectivity index (χ0n) is 9.27. The molecule has 0 N–H and O–H groups in total. The highest BCUT2D eigenvalue weighted by atomic mass is 32.1. The number of Topliss-reactive ketones (excluding diaryl/α,β-unsaturated/α-hetero) is 1. The Kier molecular flexibility index (Phi) is 3.59. The molecular weight excluding hydrogens is 232 g/mol. The van der Waals surface area contributed by atoms with Crippen molar-refractivity contribution in [3.05, 3.63) is 52.2 Å². The van der Waals surface area contributed by atoms with Gasteiger partial charge in [0.1, 0.15) is 5.75 Å². The normalized spacial score (nSPS) is 9.24. The van der Waals surface area contributed by atoms with E-state index in [1.54, 1.807) is 13.2 Å². The predicted octanol–water partition coefficient (Wildman–Crippen LogP) is 2.99. The number of hydrogen-bond acceptors (Lipinski definition) is 3. The van der Waals surface area contributed by atoms with Crippen molar-refractivity contribution in [2.24, 2.45) is 0 Å². The van der Waals surface area contributed by atoms with E-state index < -0.39 is 0 Å². The number of benzene rings is 1. The standard InChI is InChI=1S/C14H10O2S/c1-16-12-7-4-11(5-8-12)6-9-13(15)14-3-2-10-17-14/h2-5,7-8,10H,1H3. The topological polar surface area (TPSA) is 26.3 Å². The van der Waals surface area contributed by atoms with Crippen molar-refractivity contribution in [2.75, 3.05) is 7.11 Å². The lowest BCUT2D eigenvalue weighted by Crippen LogP contribution is -1.90. The molecule has 3 heteroatoms. The van der Waals surface area contributed by atoms with Crippen LogP contribution in [0.1, 0.15) is 15.2 Å². The Morgan fingerprint density at radius 3 is 2.59 bits per heavy atom. The minimum absolute atomic E-state index is 0.143. The largest absolute Gasteiger partial charge is 0.497 e. The molecule has 0 atom stereocenters. The monoisotopic (exact) mass is 242 g/mol. The smallest absolute Gasteiger partial charge is 0.246 e. The SMILES string of the molecule is COc1ccc(C#CC(=O)c2cccs2)cc1. The fourth-order valence-electron chi connectivity index (χ4n) is 1.27. The Balaban J connectivity index is 2.13. The van der Waals surface area contributed by atoms with E-state index in [1.165, 1.54) is 11.3 Å². The Labute approximate surface area is 104 Å². The van der Waals surface area contributed by atoms with Crippen LogP contribution in [0.25, 0.3) is 0 Å². The highest BCUT2D eigenvalue weighted by molar-refractivity contribution is 7.12. The van der Waals surface area contributed by atoms with Gasteiger partial charge in [-0.15, -0.1) is 11.3 Å². The zero-order chi connectivity index (χ0) is 12.1. The van der Waals surface area contributed by atoms with Crippen LogP contribution < -0.4 is 4.74 Å². The van der Waals surface area contributed by atoms with Crippen molar-refractivity contribution in [3.63, 3.8) is 0 Å². The minimum Gasteiger partial charge on any atom is -0.497 e. The highest BCUT2D eigenvalue weighted by Gasteiger charge is 2.01. The van der Waals surface area contributed by atoms with Crippen molar-refractivity contribution >= 4 is 17.1 Å². The van der Waals surface area contributed by atoms with Gasteiger partial charge in [0.15, 0.2) is 0 Å². The maximum absolute atomic E-state index is 11.6. The highest BCUT2D eigenvalue weighted by Crippen LogP contribution is 2.11. The van der Waals surface area contributed by atoms with Gasteiger partial charge in [-0.25, -0.2) is 0 Å². The Morgan fingerprint density at radius 1 is 1.24 bits per heavy atom. The lowest BCUT2D eigenvalue weighted by molar-refractivity contribution is 0.106. The third kappa shape index (κ3) is 2.96. The van der Waals surface area contributed by atoms with Gasteiger partial charge >= 0.3 is 0 Å². The van der Waals surface area contributed by atoms with Crippen LogP contribution in [0.15, 0.2) is 41.8 Å². The zero-order valence-corrected chi connectivity index (χ0v) is 10.1. The van der Waals surface area contributed by atoms with Crippen molar-refractivity contribution in [1.29, 1.82) is 0 Å². The second-order valence-electron chi connectivity index (χ2n) is 3.28. The molecule has 1 aromatic carbocycles. The molecule has 0 aliphatic carbocycles. The number of carbonyl (C=O) groups excluding carboxylic acids is 1. The van der Waals surface area contributed by atoms with Crippen LogP contribution in [0, 0.1) is 11.8 Å². The molecule has 84 valence electrons. The van der Waals surface area contributed by atoms with Gasteiger partial charge in [-0.2, -0.15) is 0 Å². The van der Waals surface area contributed by atoms with Crippen molar-refractivity contribution in [1.82, 2.24) is 0 Å². The molecule has 0 aliphatic rings. The summed E-state index contributed by atoms with van der Waals surface area (Å²) in [5.74, 6) is 6.09. The molecule has 1 aromatic heterocycles. The summed E-state index contributed by atoms with van der Waals surface area (Å²) in [6, 6.07) is 10.9. The van der Waals surface area contributed by atoms with E-state index in [4.69, 9.17) is 4.74 Å². The van der Waals surface area contributed by atoms with Crippen LogP contribution in [0.4, 0.5) is 0 Å². The van der Waals surface area contributed by atoms with E-state index in [1.807, 2.05) is 35.7 Å². The Morgan fingerprint density at radius 2 is 2.00 bits per heavy atom. The fraction of sp³-hybridized carbons (Fsp3) is 0.0714. The molecule has 0 aliphatic heterocycles. The van der Waals surface area contributed by atoms with Crippen LogP contribution in [0.5, 0.6) is 5.75 Å². The van der Waals surface area contributed by atoms with E-state index >= 15 is 0 Å². The van der Waals surface area contributed by atoms with E-state index in [-0.39, 0.29) is 5.78 Å². The fourth-order valence-corrected chi connectivity index (χ4v) is 1.89. The maximum atomic E-state index is 11.6. The summed E-state index contributed by atoms with van der Waals surface area (Å²) in [6.07, 6.45) is 0. The molecule has 0 saturated heterocycles. The molecule has 0 unspecified atom stereocenters. The van der Waals surface area contributed by atoms with Gasteiger partial charge < -0.3 is 4.74 Å². The van der Waals surface area contributed by atoms with Gasteiger partial charge in [-0.05, 0) is 41.6 Å². The number of methoxy groups -OCH3 is 1. The van der Waals surface area contributed by atoms with E-state index in [2.05, 4.69) is 11.8 Å². The quantitative estimate of drug-likeness (QED) is 0.597. The molecule has 1 heterocycles. The number of thiophene rings is 1. The van der Waals surface area contributed by atoms with Gasteiger partial charge in [0, 0.05) is 5.56 Å². The molecule has 0 amide bonds. The van der Waals surface area contributed by atoms with Crippen LogP contribution in [0.3, 0.4) is 0 Å². The van der Waals surface area contributed by atoms with Gasteiger partial charge in [-0.3, -0.25) is 4.79 Å². The molecule has 0 bridgehead atoms. The number of hydrogen-bond donors (Lipinski definition) is 0. The van der Waals surface area contributed by atoms with Gasteiger partial charge in [-0.1, -0.05) is 12.0 Å². The number of carbonyl (C=O) groups is 1. The summed E-state index contributed by atoms with van der Waals surface area (Å²) < 4.78 is 5.04. The van der Waals surface area contributed by atoms with Crippen molar-refractivity contribution in [3.8, 4) is 17.6 Å². The molecule has 2 aromatic rings. The maximum Gasteiger partial charge on any atom is 0.246 e. The number of ether oxygens (including phenoxy) is 1. The summed E-state index contributed by atoms with van der Waals surface area (Å²) in [5.41, 5.74) is 0.802. The summed E-state index contributed by atoms with van der Waals surface area (Å²) in [5, 5.41) is 1.86. The van der Waals surface area contributed by atoms with Crippen LogP contribution >= 0.6 is 11.3 Å². The van der Waals surface area contributed by atoms with Crippen molar-refractivity contribution < 1.29 is 9.53 Å². The van der Waals surface area contributed by atoms with Gasteiger partial charge in [0.2, 0.25) is 5.78 Å². The first-order chi connectivity index (χ1) is 8.29. The van der Waals surface area contributed by atoms with E-state index in [0.29, 0.717) is 4.88 Å². The first-order valence-electron chi connectivity index (χ1n) is 5.03. The summed E-state index contributed by atoms with van der Waals surface area (Å²) in [6.45, 7) is 0. The van der Waals surface area contributed by atoms with Gasteiger partial charge in [0.05, 0.1) is 12.0 Å². The third-order valence-corrected chi connectivity index (χ3v) is 3.02. The molecule has 0 fully saturated rings. The lowest BCUT2D eigenvalue weighted by atomic mass is 10.2. The minimum atomic E-state index is -0.143. The number of ketones is 1. The molecule has 2 nitrogen and oxygen atoms in total. The third-order valence-electron chi connectivity index (χ3n) is 2.16. The average molecular weight is 242 g/mol. The lowest BCUT2D eigenvalue weighted by Gasteiger charge is -1.97. The molecule has 0 spiro atoms. The second kappa shape index (κ2) is 5.33. The van der Waals surface area contributed by atoms with Crippen LogP contribution in [0.2, 0.25) is 0 Å². The average Bonchev–Trinajstić information content (AvgIpc) is 2.90. The number of rotatable bonds is 2. The predicted molar refractivity (Wildman–Crippen MR) is 68.5 cm³/mol. The first kappa shape index (κ1) is 11.4. The molecule has 2 rings (SSSR count). The molecule has 0 radical (unpaired) electrons. The van der Waals surface area contributed by atoms with Crippen LogP contribution in [-0.4, -0.2) is 12.9 Å². The van der Waals surface area contributed by atoms with Gasteiger partial charge in [0.25, 0.3) is 0 Å². The van der Waals surface area contributed by atoms with E-state index in [0.717, 1.165) is 11.3 Å². The van der Waals surface area contributed by atoms with Crippen molar-refractivity contribution in [2.45, 2.75) is 0 Å². The van der Waals surface area contributed by atoms with Crippen LogP contribution in [-0.2, 0) is 0 Å². The summed E-state index contributed by atoms with van der Waals surface area (Å²) >= 11 is 1.40. The Bertz CT molecular complexity index is 557. The van der Waals surface area contributed by atoms with E-state index in [9.17, 15) is 4.79 Å². The molecular formula is C14H10O2S.